The standard InChI is InChI=1S/C14H19N3OS2/c1-2-5-19-14-17-16-13(20-14)15-12(18)8-11-7-9-3-4-10(11)6-9/h2,9-11H,1,3-8H2,(H,15,16,18)/t9-,10-,11+/m1/s1. The predicted octanol–water partition coefficient (Wildman–Crippen LogP) is 3.58. The largest absolute Gasteiger partial charge is 0.300 e. The molecule has 2 saturated carbocycles. The maximum atomic E-state index is 12.1. The van der Waals surface area contributed by atoms with Crippen molar-refractivity contribution in [2.45, 2.75) is 36.4 Å². The molecule has 0 saturated heterocycles. The second-order valence-electron chi connectivity index (χ2n) is 5.66. The number of nitrogens with zero attached hydrogens (tertiary/aromatic N) is 2. The number of nitrogens with one attached hydrogen (secondary N) is 1. The van der Waals surface area contributed by atoms with Crippen molar-refractivity contribution in [2.75, 3.05) is 11.1 Å². The monoisotopic (exact) mass is 309 g/mol. The first-order valence-corrected chi connectivity index (χ1v) is 8.92. The summed E-state index contributed by atoms with van der Waals surface area (Å²) in [5.74, 6) is 3.18. The molecule has 2 aliphatic carbocycles. The minimum Gasteiger partial charge on any atom is -0.300 e. The number of aromatic nitrogens is 2. The third-order valence-corrected chi connectivity index (χ3v) is 6.28. The third-order valence-electron chi connectivity index (χ3n) is 4.31. The van der Waals surface area contributed by atoms with Crippen molar-refractivity contribution in [2.24, 2.45) is 17.8 Å². The van der Waals surface area contributed by atoms with Crippen LogP contribution in [-0.2, 0) is 4.79 Å². The molecule has 0 spiro atoms. The van der Waals surface area contributed by atoms with E-state index < -0.39 is 0 Å². The molecule has 2 bridgehead atoms. The van der Waals surface area contributed by atoms with Crippen LogP contribution in [0.15, 0.2) is 17.0 Å². The second kappa shape index (κ2) is 6.26. The highest BCUT2D eigenvalue weighted by atomic mass is 32.2. The van der Waals surface area contributed by atoms with Crippen molar-refractivity contribution in [3.8, 4) is 0 Å². The van der Waals surface area contributed by atoms with Crippen LogP contribution < -0.4 is 5.32 Å². The van der Waals surface area contributed by atoms with Crippen molar-refractivity contribution < 1.29 is 4.79 Å². The van der Waals surface area contributed by atoms with Gasteiger partial charge in [0.1, 0.15) is 0 Å². The number of fused-ring (bicyclic) bond motifs is 2. The molecule has 2 aliphatic rings. The van der Waals surface area contributed by atoms with Gasteiger partial charge in [0.2, 0.25) is 11.0 Å². The summed E-state index contributed by atoms with van der Waals surface area (Å²) in [6.45, 7) is 3.67. The summed E-state index contributed by atoms with van der Waals surface area (Å²) in [7, 11) is 0. The van der Waals surface area contributed by atoms with Gasteiger partial charge in [0.15, 0.2) is 4.34 Å². The van der Waals surface area contributed by atoms with Crippen molar-refractivity contribution in [1.29, 1.82) is 0 Å². The van der Waals surface area contributed by atoms with Gasteiger partial charge in [-0.05, 0) is 37.0 Å². The number of carbonyl (C=O) groups is 1. The number of thioether (sulfide) groups is 1. The van der Waals surface area contributed by atoms with E-state index in [-0.39, 0.29) is 5.91 Å². The molecule has 3 rings (SSSR count). The van der Waals surface area contributed by atoms with Gasteiger partial charge in [0.05, 0.1) is 0 Å². The summed E-state index contributed by atoms with van der Waals surface area (Å²) in [6.07, 6.45) is 7.77. The summed E-state index contributed by atoms with van der Waals surface area (Å²) in [6, 6.07) is 0. The van der Waals surface area contributed by atoms with Gasteiger partial charge in [-0.1, -0.05) is 35.6 Å². The Balaban J connectivity index is 1.48. The van der Waals surface area contributed by atoms with Gasteiger partial charge < -0.3 is 5.32 Å². The van der Waals surface area contributed by atoms with E-state index in [4.69, 9.17) is 0 Å². The van der Waals surface area contributed by atoms with Gasteiger partial charge in [-0.3, -0.25) is 4.79 Å². The fourth-order valence-corrected chi connectivity index (χ4v) is 5.01. The highest BCUT2D eigenvalue weighted by Gasteiger charge is 2.40. The lowest BCUT2D eigenvalue weighted by Crippen LogP contribution is -2.20. The number of amides is 1. The predicted molar refractivity (Wildman–Crippen MR) is 83.0 cm³/mol. The molecular formula is C14H19N3OS2. The number of anilines is 1. The summed E-state index contributed by atoms with van der Waals surface area (Å²) in [5, 5.41) is 11.6. The minimum atomic E-state index is 0.0963. The molecule has 1 amide bonds. The molecule has 0 unspecified atom stereocenters. The molecule has 1 aromatic rings. The Bertz CT molecular complexity index is 502. The van der Waals surface area contributed by atoms with Crippen LogP contribution >= 0.6 is 23.1 Å². The Hall–Kier alpha value is -0.880. The first kappa shape index (κ1) is 14.1. The molecule has 6 heteroatoms. The van der Waals surface area contributed by atoms with E-state index in [0.717, 1.165) is 21.9 Å². The quantitative estimate of drug-likeness (QED) is 0.496. The molecule has 2 fully saturated rings. The maximum Gasteiger partial charge on any atom is 0.226 e. The highest BCUT2D eigenvalue weighted by Crippen LogP contribution is 2.49. The van der Waals surface area contributed by atoms with Crippen molar-refractivity contribution >= 4 is 34.1 Å². The lowest BCUT2D eigenvalue weighted by Gasteiger charge is -2.20. The Morgan fingerprint density at radius 1 is 1.45 bits per heavy atom. The Kier molecular flexibility index (Phi) is 4.41. The number of carbonyl (C=O) groups excluding carboxylic acids is 1. The average Bonchev–Trinajstić information content (AvgIpc) is 3.12. The SMILES string of the molecule is C=CCSc1nnc(NC(=O)C[C@@H]2C[C@@H]3CC[C@@H]2C3)s1. The summed E-state index contributed by atoms with van der Waals surface area (Å²) >= 11 is 3.02. The first-order valence-electron chi connectivity index (χ1n) is 7.11. The molecule has 20 heavy (non-hydrogen) atoms. The molecule has 108 valence electrons. The molecule has 0 aliphatic heterocycles. The van der Waals surface area contributed by atoms with E-state index in [0.29, 0.717) is 17.5 Å². The van der Waals surface area contributed by atoms with Gasteiger partial charge in [0, 0.05) is 12.2 Å². The zero-order valence-corrected chi connectivity index (χ0v) is 13.0. The van der Waals surface area contributed by atoms with E-state index in [1.807, 2.05) is 6.08 Å². The molecule has 0 radical (unpaired) electrons. The lowest BCUT2D eigenvalue weighted by atomic mass is 9.86. The topological polar surface area (TPSA) is 54.9 Å². The van der Waals surface area contributed by atoms with Gasteiger partial charge in [0.25, 0.3) is 0 Å². The van der Waals surface area contributed by atoms with Crippen LogP contribution in [0, 0.1) is 17.8 Å². The maximum absolute atomic E-state index is 12.1. The third kappa shape index (κ3) is 3.23. The molecular weight excluding hydrogens is 290 g/mol. The van der Waals surface area contributed by atoms with Crippen molar-refractivity contribution in [3.05, 3.63) is 12.7 Å². The van der Waals surface area contributed by atoms with Crippen LogP contribution in [0.5, 0.6) is 0 Å². The van der Waals surface area contributed by atoms with Crippen LogP contribution in [0.3, 0.4) is 0 Å². The highest BCUT2D eigenvalue weighted by molar-refractivity contribution is 8.01. The molecule has 1 aromatic heterocycles. The number of hydrogen-bond acceptors (Lipinski definition) is 5. The minimum absolute atomic E-state index is 0.0963. The van der Waals surface area contributed by atoms with Crippen LogP contribution in [-0.4, -0.2) is 21.9 Å². The summed E-state index contributed by atoms with van der Waals surface area (Å²) in [5.41, 5.74) is 0. The zero-order chi connectivity index (χ0) is 13.9. The van der Waals surface area contributed by atoms with Crippen LogP contribution in [0.2, 0.25) is 0 Å². The van der Waals surface area contributed by atoms with E-state index >= 15 is 0 Å². The Morgan fingerprint density at radius 3 is 3.05 bits per heavy atom. The molecule has 1 N–H and O–H groups in total. The summed E-state index contributed by atoms with van der Waals surface area (Å²) in [4.78, 5) is 12.1. The fraction of sp³-hybridized carbons (Fsp3) is 0.643. The van der Waals surface area contributed by atoms with E-state index in [2.05, 4.69) is 22.1 Å². The fourth-order valence-electron chi connectivity index (χ4n) is 3.48. The van der Waals surface area contributed by atoms with Crippen molar-refractivity contribution in [1.82, 2.24) is 10.2 Å². The molecule has 1 heterocycles. The van der Waals surface area contributed by atoms with Crippen LogP contribution in [0.4, 0.5) is 5.13 Å². The van der Waals surface area contributed by atoms with Crippen LogP contribution in [0.1, 0.15) is 32.1 Å². The average molecular weight is 309 g/mol. The van der Waals surface area contributed by atoms with Gasteiger partial charge >= 0.3 is 0 Å². The first-order chi connectivity index (χ1) is 9.74. The Morgan fingerprint density at radius 2 is 2.35 bits per heavy atom. The molecule has 0 aromatic carbocycles. The van der Waals surface area contributed by atoms with Gasteiger partial charge in [-0.2, -0.15) is 0 Å². The van der Waals surface area contributed by atoms with E-state index in [9.17, 15) is 4.79 Å². The van der Waals surface area contributed by atoms with Gasteiger partial charge in [-0.25, -0.2) is 0 Å². The second-order valence-corrected chi connectivity index (χ2v) is 7.90. The van der Waals surface area contributed by atoms with Gasteiger partial charge in [-0.15, -0.1) is 16.8 Å². The lowest BCUT2D eigenvalue weighted by molar-refractivity contribution is -0.117. The van der Waals surface area contributed by atoms with Crippen LogP contribution in [0.25, 0.3) is 0 Å². The van der Waals surface area contributed by atoms with E-state index in [1.165, 1.54) is 37.0 Å². The number of hydrogen-bond donors (Lipinski definition) is 1. The Labute approximate surface area is 127 Å². The summed E-state index contributed by atoms with van der Waals surface area (Å²) < 4.78 is 0.875. The molecule has 4 nitrogen and oxygen atoms in total. The number of rotatable bonds is 6. The normalized spacial score (nSPS) is 27.7. The van der Waals surface area contributed by atoms with Crippen molar-refractivity contribution in [3.63, 3.8) is 0 Å². The van der Waals surface area contributed by atoms with E-state index in [1.54, 1.807) is 11.8 Å². The zero-order valence-electron chi connectivity index (χ0n) is 11.4. The smallest absolute Gasteiger partial charge is 0.226 e. The molecule has 3 atom stereocenters.